The van der Waals surface area contributed by atoms with Crippen LogP contribution in [0.4, 0.5) is 0 Å². The van der Waals surface area contributed by atoms with Gasteiger partial charge < -0.3 is 15.1 Å². The molecule has 1 amide bonds. The molecule has 1 saturated heterocycles. The summed E-state index contributed by atoms with van der Waals surface area (Å²) in [6.07, 6.45) is 1.67. The van der Waals surface area contributed by atoms with Gasteiger partial charge in [0.2, 0.25) is 10.0 Å². The second kappa shape index (κ2) is 8.94. The highest BCUT2D eigenvalue weighted by Crippen LogP contribution is 2.24. The zero-order valence-corrected chi connectivity index (χ0v) is 16.9. The van der Waals surface area contributed by atoms with Crippen molar-refractivity contribution in [3.05, 3.63) is 29.8 Å². The van der Waals surface area contributed by atoms with Crippen LogP contribution in [-0.4, -0.2) is 88.8 Å². The number of rotatable bonds is 7. The molecule has 8 heteroatoms. The van der Waals surface area contributed by atoms with E-state index in [2.05, 4.69) is 17.3 Å². The summed E-state index contributed by atoms with van der Waals surface area (Å²) in [6.45, 7) is 2.92. The lowest BCUT2D eigenvalue weighted by Gasteiger charge is -2.37. The first-order valence-corrected chi connectivity index (χ1v) is 10.4. The molecule has 0 saturated carbocycles. The SMILES string of the molecule is CNC(=O)c1ccc(S(=O)(=O)N(CCN(C)C)C2CCN(C)CC2)cc1. The quantitative estimate of drug-likeness (QED) is 0.751. The Morgan fingerprint density at radius 1 is 1.15 bits per heavy atom. The minimum absolute atomic E-state index is 0.00904. The Morgan fingerprint density at radius 3 is 2.23 bits per heavy atom. The fourth-order valence-electron chi connectivity index (χ4n) is 3.14. The molecule has 1 aliphatic rings. The monoisotopic (exact) mass is 382 g/mol. The zero-order chi connectivity index (χ0) is 19.3. The number of nitrogens with zero attached hydrogens (tertiary/aromatic N) is 3. The second-order valence-electron chi connectivity index (χ2n) is 7.06. The van der Waals surface area contributed by atoms with Gasteiger partial charge in [0.25, 0.3) is 5.91 Å². The maximum atomic E-state index is 13.3. The van der Waals surface area contributed by atoms with Gasteiger partial charge in [0.15, 0.2) is 0 Å². The summed E-state index contributed by atoms with van der Waals surface area (Å²) in [7, 11) is 3.89. The van der Waals surface area contributed by atoms with E-state index < -0.39 is 10.0 Å². The number of carbonyl (C=O) groups is 1. The van der Waals surface area contributed by atoms with Crippen LogP contribution in [0.25, 0.3) is 0 Å². The Morgan fingerprint density at radius 2 is 1.73 bits per heavy atom. The minimum atomic E-state index is -3.61. The molecular weight excluding hydrogens is 352 g/mol. The lowest BCUT2D eigenvalue weighted by atomic mass is 10.1. The molecule has 0 spiro atoms. The molecule has 0 radical (unpaired) electrons. The predicted octanol–water partition coefficient (Wildman–Crippen LogP) is 0.693. The molecule has 1 N–H and O–H groups in total. The van der Waals surface area contributed by atoms with E-state index >= 15 is 0 Å². The molecule has 2 rings (SSSR count). The van der Waals surface area contributed by atoms with Crippen molar-refractivity contribution in [1.82, 2.24) is 19.4 Å². The summed E-state index contributed by atoms with van der Waals surface area (Å²) in [5.41, 5.74) is 0.450. The highest BCUT2D eigenvalue weighted by Gasteiger charge is 2.33. The van der Waals surface area contributed by atoms with Gasteiger partial charge in [-0.2, -0.15) is 4.31 Å². The molecule has 7 nitrogen and oxygen atoms in total. The van der Waals surface area contributed by atoms with E-state index in [0.29, 0.717) is 18.7 Å². The van der Waals surface area contributed by atoms with E-state index in [-0.39, 0.29) is 16.8 Å². The average molecular weight is 383 g/mol. The molecule has 146 valence electrons. The van der Waals surface area contributed by atoms with Crippen LogP contribution in [0.5, 0.6) is 0 Å². The van der Waals surface area contributed by atoms with Crippen molar-refractivity contribution in [3.63, 3.8) is 0 Å². The van der Waals surface area contributed by atoms with Crippen molar-refractivity contribution in [1.29, 1.82) is 0 Å². The van der Waals surface area contributed by atoms with Gasteiger partial charge in [-0.3, -0.25) is 4.79 Å². The lowest BCUT2D eigenvalue weighted by Crippen LogP contribution is -2.48. The Hall–Kier alpha value is -1.48. The molecule has 0 unspecified atom stereocenters. The largest absolute Gasteiger partial charge is 0.355 e. The summed E-state index contributed by atoms with van der Waals surface area (Å²) < 4.78 is 28.2. The number of amides is 1. The Bertz CT molecular complexity index is 696. The molecule has 1 aromatic rings. The van der Waals surface area contributed by atoms with Crippen molar-refractivity contribution in [2.45, 2.75) is 23.8 Å². The van der Waals surface area contributed by atoms with E-state index in [1.165, 1.54) is 12.1 Å². The molecule has 0 bridgehead atoms. The molecule has 0 aliphatic carbocycles. The van der Waals surface area contributed by atoms with E-state index in [0.717, 1.165) is 25.9 Å². The maximum absolute atomic E-state index is 13.3. The summed E-state index contributed by atoms with van der Waals surface area (Å²) in [6, 6.07) is 6.18. The van der Waals surface area contributed by atoms with Gasteiger partial charge in [-0.15, -0.1) is 0 Å². The van der Waals surface area contributed by atoms with E-state index in [1.54, 1.807) is 23.5 Å². The Kier molecular flexibility index (Phi) is 7.16. The van der Waals surface area contributed by atoms with Crippen molar-refractivity contribution in [2.75, 3.05) is 54.4 Å². The molecule has 1 aromatic carbocycles. The molecule has 26 heavy (non-hydrogen) atoms. The van der Waals surface area contributed by atoms with E-state index in [4.69, 9.17) is 0 Å². The number of hydrogen-bond donors (Lipinski definition) is 1. The first kappa shape index (κ1) is 20.8. The van der Waals surface area contributed by atoms with Crippen LogP contribution in [0.3, 0.4) is 0 Å². The Labute approximate surface area is 157 Å². The van der Waals surface area contributed by atoms with Gasteiger partial charge in [0, 0.05) is 31.7 Å². The molecule has 0 atom stereocenters. The highest BCUT2D eigenvalue weighted by molar-refractivity contribution is 7.89. The van der Waals surface area contributed by atoms with Gasteiger partial charge in [-0.05, 0) is 71.3 Å². The standard InChI is InChI=1S/C18H30N4O3S/c1-19-18(23)15-5-7-17(8-6-15)26(24,25)22(14-13-20(2)3)16-9-11-21(4)12-10-16/h5-8,16H,9-14H2,1-4H3,(H,19,23). The predicted molar refractivity (Wildman–Crippen MR) is 103 cm³/mol. The smallest absolute Gasteiger partial charge is 0.251 e. The van der Waals surface area contributed by atoms with Crippen molar-refractivity contribution >= 4 is 15.9 Å². The van der Waals surface area contributed by atoms with Crippen LogP contribution >= 0.6 is 0 Å². The van der Waals surface area contributed by atoms with Crippen LogP contribution in [0.2, 0.25) is 0 Å². The second-order valence-corrected chi connectivity index (χ2v) is 8.95. The molecule has 1 heterocycles. The first-order chi connectivity index (χ1) is 12.3. The molecule has 0 aromatic heterocycles. The van der Waals surface area contributed by atoms with Crippen LogP contribution < -0.4 is 5.32 Å². The highest BCUT2D eigenvalue weighted by atomic mass is 32.2. The molecule has 1 fully saturated rings. The maximum Gasteiger partial charge on any atom is 0.251 e. The Balaban J connectivity index is 2.27. The third-order valence-electron chi connectivity index (χ3n) is 4.81. The topological polar surface area (TPSA) is 73.0 Å². The lowest BCUT2D eigenvalue weighted by molar-refractivity contribution is 0.0963. The number of piperidine rings is 1. The van der Waals surface area contributed by atoms with Gasteiger partial charge >= 0.3 is 0 Å². The van der Waals surface area contributed by atoms with Crippen molar-refractivity contribution in [3.8, 4) is 0 Å². The number of benzene rings is 1. The van der Waals surface area contributed by atoms with Gasteiger partial charge in [-0.25, -0.2) is 8.42 Å². The fourth-order valence-corrected chi connectivity index (χ4v) is 4.81. The van der Waals surface area contributed by atoms with E-state index in [9.17, 15) is 13.2 Å². The zero-order valence-electron chi connectivity index (χ0n) is 16.1. The summed E-state index contributed by atoms with van der Waals surface area (Å²) in [4.78, 5) is 16.1. The number of sulfonamides is 1. The van der Waals surface area contributed by atoms with Gasteiger partial charge in [0.1, 0.15) is 0 Å². The average Bonchev–Trinajstić information content (AvgIpc) is 2.62. The van der Waals surface area contributed by atoms with E-state index in [1.807, 2.05) is 19.0 Å². The van der Waals surface area contributed by atoms with Crippen molar-refractivity contribution in [2.24, 2.45) is 0 Å². The third-order valence-corrected chi connectivity index (χ3v) is 6.78. The minimum Gasteiger partial charge on any atom is -0.355 e. The summed E-state index contributed by atoms with van der Waals surface area (Å²) in [5.74, 6) is -0.228. The number of likely N-dealkylation sites (N-methyl/N-ethyl adjacent to an activating group) is 1. The fraction of sp³-hybridized carbons (Fsp3) is 0.611. The number of carbonyl (C=O) groups excluding carboxylic acids is 1. The van der Waals surface area contributed by atoms with Crippen LogP contribution in [-0.2, 0) is 10.0 Å². The van der Waals surface area contributed by atoms with Crippen LogP contribution in [0, 0.1) is 0 Å². The van der Waals surface area contributed by atoms with Gasteiger partial charge in [-0.1, -0.05) is 0 Å². The summed E-state index contributed by atoms with van der Waals surface area (Å²) >= 11 is 0. The van der Waals surface area contributed by atoms with Crippen LogP contribution in [0.1, 0.15) is 23.2 Å². The molecule has 1 aliphatic heterocycles. The third kappa shape index (κ3) is 5.03. The number of nitrogens with one attached hydrogen (secondary N) is 1. The summed E-state index contributed by atoms with van der Waals surface area (Å²) in [5, 5.41) is 2.54. The van der Waals surface area contributed by atoms with Gasteiger partial charge in [0.05, 0.1) is 4.90 Å². The number of likely N-dealkylation sites (tertiary alicyclic amines) is 1. The first-order valence-electron chi connectivity index (χ1n) is 8.93. The normalized spacial score (nSPS) is 17.0. The van der Waals surface area contributed by atoms with Crippen molar-refractivity contribution < 1.29 is 13.2 Å². The number of hydrogen-bond acceptors (Lipinski definition) is 5. The van der Waals surface area contributed by atoms with Crippen LogP contribution in [0.15, 0.2) is 29.2 Å². The molecular formula is C18H30N4O3S.